The largest absolute Gasteiger partial charge is 0.382 e. The van der Waals surface area contributed by atoms with Gasteiger partial charge in [0.15, 0.2) is 0 Å². The second-order valence-corrected chi connectivity index (χ2v) is 12.5. The van der Waals surface area contributed by atoms with E-state index in [9.17, 15) is 13.2 Å². The molecule has 212 valence electrons. The zero-order chi connectivity index (χ0) is 28.4. The lowest BCUT2D eigenvalue weighted by Crippen LogP contribution is -2.49. The molecule has 0 atom stereocenters. The lowest BCUT2D eigenvalue weighted by molar-refractivity contribution is 0.0746. The first kappa shape index (κ1) is 28.0. The number of nitrogens with two attached hydrogens (primary N) is 1. The predicted octanol–water partition coefficient (Wildman–Crippen LogP) is 4.30. The van der Waals surface area contributed by atoms with E-state index in [1.807, 2.05) is 22.8 Å². The van der Waals surface area contributed by atoms with Gasteiger partial charge in [-0.3, -0.25) is 4.79 Å². The summed E-state index contributed by atoms with van der Waals surface area (Å²) >= 11 is 0. The van der Waals surface area contributed by atoms with Crippen molar-refractivity contribution in [1.82, 2.24) is 4.90 Å². The summed E-state index contributed by atoms with van der Waals surface area (Å²) < 4.78 is 24.1. The van der Waals surface area contributed by atoms with Crippen LogP contribution in [0, 0.1) is 20.8 Å². The first-order chi connectivity index (χ1) is 19.1. The smallest absolute Gasteiger partial charge is 0.254 e. The molecule has 0 aromatic heterocycles. The van der Waals surface area contributed by atoms with Crippen LogP contribution in [-0.2, 0) is 10.0 Å². The number of hydrogen-bond acceptors (Lipinski definition) is 6. The van der Waals surface area contributed by atoms with E-state index in [0.717, 1.165) is 42.7 Å². The van der Waals surface area contributed by atoms with Gasteiger partial charge in [0.05, 0.1) is 5.69 Å². The van der Waals surface area contributed by atoms with Crippen molar-refractivity contribution in [3.05, 3.63) is 82.9 Å². The Morgan fingerprint density at radius 1 is 0.775 bits per heavy atom. The fourth-order valence-corrected chi connectivity index (χ4v) is 6.68. The van der Waals surface area contributed by atoms with Crippen LogP contribution >= 0.6 is 0 Å². The molecule has 0 saturated carbocycles. The molecule has 8 nitrogen and oxygen atoms in total. The Balaban J connectivity index is 1.24. The molecule has 2 fully saturated rings. The van der Waals surface area contributed by atoms with Gasteiger partial charge in [-0.2, -0.15) is 0 Å². The molecule has 2 heterocycles. The van der Waals surface area contributed by atoms with Crippen molar-refractivity contribution in [3.63, 3.8) is 0 Å². The Morgan fingerprint density at radius 3 is 2.02 bits per heavy atom. The van der Waals surface area contributed by atoms with Gasteiger partial charge in [0, 0.05) is 62.2 Å². The maximum Gasteiger partial charge on any atom is 0.254 e. The van der Waals surface area contributed by atoms with Gasteiger partial charge >= 0.3 is 0 Å². The fourth-order valence-electron chi connectivity index (χ4n) is 5.92. The molecule has 1 amide bonds. The molecule has 9 heteroatoms. The predicted molar refractivity (Wildman–Crippen MR) is 162 cm³/mol. The quantitative estimate of drug-likeness (QED) is 0.466. The van der Waals surface area contributed by atoms with E-state index in [4.69, 9.17) is 5.14 Å². The number of para-hydroxylation sites is 2. The summed E-state index contributed by atoms with van der Waals surface area (Å²) in [5, 5.41) is 9.17. The van der Waals surface area contributed by atoms with Crippen LogP contribution in [0.4, 0.5) is 17.1 Å². The molecule has 3 N–H and O–H groups in total. The molecule has 0 unspecified atom stereocenters. The number of nitrogens with zero attached hydrogens (tertiary/aromatic N) is 3. The average molecular weight is 562 g/mol. The van der Waals surface area contributed by atoms with Crippen LogP contribution in [0.15, 0.2) is 65.6 Å². The van der Waals surface area contributed by atoms with Gasteiger partial charge in [0.25, 0.3) is 5.91 Å². The van der Waals surface area contributed by atoms with E-state index in [-0.39, 0.29) is 10.8 Å². The summed E-state index contributed by atoms with van der Waals surface area (Å²) in [6, 6.07) is 19.8. The highest BCUT2D eigenvalue weighted by molar-refractivity contribution is 7.89. The number of primary sulfonamides is 1. The third-order valence-corrected chi connectivity index (χ3v) is 9.15. The number of nitrogens with one attached hydrogen (secondary N) is 1. The number of sulfonamides is 1. The summed E-state index contributed by atoms with van der Waals surface area (Å²) in [4.78, 5) is 20.1. The Hall–Kier alpha value is -3.56. The van der Waals surface area contributed by atoms with E-state index in [2.05, 4.69) is 54.4 Å². The number of anilines is 3. The number of carbonyl (C=O) groups is 1. The lowest BCUT2D eigenvalue weighted by atomic mass is 9.99. The number of rotatable bonds is 6. The molecule has 0 aliphatic carbocycles. The molecule has 0 bridgehead atoms. The third-order valence-electron chi connectivity index (χ3n) is 8.19. The molecule has 5 rings (SSSR count). The first-order valence-corrected chi connectivity index (χ1v) is 15.5. The molecule has 0 radical (unpaired) electrons. The van der Waals surface area contributed by atoms with Crippen LogP contribution < -0.4 is 20.3 Å². The average Bonchev–Trinajstić information content (AvgIpc) is 2.94. The highest BCUT2D eigenvalue weighted by Gasteiger charge is 2.27. The van der Waals surface area contributed by atoms with Gasteiger partial charge in [-0.15, -0.1) is 0 Å². The monoisotopic (exact) mass is 561 g/mol. The minimum atomic E-state index is -3.83. The molecule has 40 heavy (non-hydrogen) atoms. The molecule has 0 spiro atoms. The lowest BCUT2D eigenvalue weighted by Gasteiger charge is -2.37. The number of piperazine rings is 1. The van der Waals surface area contributed by atoms with Crippen LogP contribution in [0.1, 0.15) is 39.9 Å². The van der Waals surface area contributed by atoms with Crippen LogP contribution in [0.2, 0.25) is 0 Å². The number of piperidine rings is 1. The first-order valence-electron chi connectivity index (χ1n) is 14.0. The van der Waals surface area contributed by atoms with E-state index >= 15 is 0 Å². The SMILES string of the molecule is Cc1cc(C)c(C(=O)N2CCN(c3ccccc3S(N)(=O)=O)CC2)cc1NC1CCN(c2ccccc2C)CC1. The van der Waals surface area contributed by atoms with Crippen molar-refractivity contribution in [1.29, 1.82) is 0 Å². The van der Waals surface area contributed by atoms with Crippen LogP contribution in [-0.4, -0.2) is 64.5 Å². The molecule has 2 aliphatic rings. The van der Waals surface area contributed by atoms with E-state index in [1.54, 1.807) is 18.2 Å². The van der Waals surface area contributed by atoms with Crippen molar-refractivity contribution < 1.29 is 13.2 Å². The Kier molecular flexibility index (Phi) is 8.05. The van der Waals surface area contributed by atoms with E-state index in [0.29, 0.717) is 43.5 Å². The van der Waals surface area contributed by atoms with E-state index in [1.165, 1.54) is 17.3 Å². The van der Waals surface area contributed by atoms with Gasteiger partial charge < -0.3 is 20.0 Å². The summed E-state index contributed by atoms with van der Waals surface area (Å²) in [6.07, 6.45) is 2.07. The standard InChI is InChI=1S/C31H39N5O3S/c1-22-8-4-5-9-28(22)34-14-12-25(13-15-34)33-27-21-26(23(2)20-24(27)3)31(37)36-18-16-35(17-19-36)29-10-6-7-11-30(29)40(32,38)39/h4-11,20-21,25,33H,12-19H2,1-3H3,(H2,32,38,39). The number of benzene rings is 3. The Bertz CT molecular complexity index is 1490. The summed E-state index contributed by atoms with van der Waals surface area (Å²) in [5.41, 5.74) is 7.04. The van der Waals surface area contributed by atoms with Crippen molar-refractivity contribution in [3.8, 4) is 0 Å². The number of amides is 1. The number of hydrogen-bond donors (Lipinski definition) is 2. The normalized spacial score (nSPS) is 16.8. The highest BCUT2D eigenvalue weighted by atomic mass is 32.2. The zero-order valence-corrected chi connectivity index (χ0v) is 24.4. The van der Waals surface area contributed by atoms with Gasteiger partial charge in [-0.1, -0.05) is 36.4 Å². The topological polar surface area (TPSA) is 99.0 Å². The van der Waals surface area contributed by atoms with Crippen LogP contribution in [0.5, 0.6) is 0 Å². The molecular weight excluding hydrogens is 522 g/mol. The number of carbonyl (C=O) groups excluding carboxylic acids is 1. The Morgan fingerprint density at radius 2 is 1.38 bits per heavy atom. The van der Waals surface area contributed by atoms with Crippen molar-refractivity contribution in [2.24, 2.45) is 5.14 Å². The van der Waals surface area contributed by atoms with Gasteiger partial charge in [-0.05, 0) is 74.6 Å². The molecule has 2 saturated heterocycles. The molecular formula is C31H39N5O3S. The van der Waals surface area contributed by atoms with Crippen LogP contribution in [0.25, 0.3) is 0 Å². The van der Waals surface area contributed by atoms with E-state index < -0.39 is 10.0 Å². The van der Waals surface area contributed by atoms with Gasteiger partial charge in [0.1, 0.15) is 4.90 Å². The molecule has 2 aliphatic heterocycles. The maximum absolute atomic E-state index is 13.6. The fraction of sp³-hybridized carbons (Fsp3) is 0.387. The number of aryl methyl sites for hydroxylation is 3. The minimum absolute atomic E-state index is 0.00861. The van der Waals surface area contributed by atoms with Gasteiger partial charge in [-0.25, -0.2) is 13.6 Å². The van der Waals surface area contributed by atoms with Crippen molar-refractivity contribution in [2.75, 3.05) is 54.4 Å². The zero-order valence-electron chi connectivity index (χ0n) is 23.6. The maximum atomic E-state index is 13.6. The molecule has 3 aromatic carbocycles. The van der Waals surface area contributed by atoms with Crippen molar-refractivity contribution in [2.45, 2.75) is 44.6 Å². The summed E-state index contributed by atoms with van der Waals surface area (Å²) in [5.74, 6) is 0.00861. The summed E-state index contributed by atoms with van der Waals surface area (Å²) in [7, 11) is -3.83. The minimum Gasteiger partial charge on any atom is -0.382 e. The summed E-state index contributed by atoms with van der Waals surface area (Å²) in [6.45, 7) is 10.3. The second-order valence-electron chi connectivity index (χ2n) is 11.0. The second kappa shape index (κ2) is 11.5. The van der Waals surface area contributed by atoms with Crippen molar-refractivity contribution >= 4 is 33.0 Å². The third kappa shape index (κ3) is 5.95. The van der Waals surface area contributed by atoms with Crippen LogP contribution in [0.3, 0.4) is 0 Å². The highest BCUT2D eigenvalue weighted by Crippen LogP contribution is 2.29. The van der Waals surface area contributed by atoms with Gasteiger partial charge in [0.2, 0.25) is 10.0 Å². The Labute approximate surface area is 237 Å². The molecule has 3 aromatic rings.